The number of nitrogens with two attached hydrogens (primary N) is 1. The number of carboxylic acid groups (broad SMARTS) is 2. The lowest BCUT2D eigenvalue weighted by molar-refractivity contribution is -0.150. The van der Waals surface area contributed by atoms with Crippen LogP contribution in [-0.4, -0.2) is 103 Å². The number of amides is 2. The summed E-state index contributed by atoms with van der Waals surface area (Å²) >= 11 is 3.43. The monoisotopic (exact) mass is 696 g/mol. The molecule has 2 amide bonds. The summed E-state index contributed by atoms with van der Waals surface area (Å²) < 4.78 is 1.25. The minimum atomic E-state index is -1.34. The topological polar surface area (TPSA) is 258 Å². The molecule has 6 heterocycles. The highest BCUT2D eigenvalue weighted by atomic mass is 32.2. The normalized spacial score (nSPS) is 17.7. The van der Waals surface area contributed by atoms with Crippen LogP contribution in [0.1, 0.15) is 32.4 Å². The van der Waals surface area contributed by atoms with E-state index in [4.69, 9.17) is 10.6 Å². The molecular weight excluding hydrogens is 677 g/mol. The number of hydrogen-bond acceptors (Lipinski definition) is 16. The van der Waals surface area contributed by atoms with Crippen LogP contribution in [0.4, 0.5) is 5.13 Å². The van der Waals surface area contributed by atoms with Gasteiger partial charge in [0.1, 0.15) is 27.8 Å². The van der Waals surface area contributed by atoms with Crippen molar-refractivity contribution in [2.24, 2.45) is 5.16 Å². The van der Waals surface area contributed by atoms with Gasteiger partial charge in [-0.05, 0) is 30.7 Å². The van der Waals surface area contributed by atoms with Crippen LogP contribution < -0.4 is 11.1 Å². The Morgan fingerprint density at radius 3 is 2.70 bits per heavy atom. The zero-order valence-corrected chi connectivity index (χ0v) is 26.2. The van der Waals surface area contributed by atoms with Gasteiger partial charge in [-0.15, -0.1) is 40.0 Å². The minimum absolute atomic E-state index is 0.00217. The first-order valence-electron chi connectivity index (χ1n) is 13.2. The molecule has 0 unspecified atom stereocenters. The lowest BCUT2D eigenvalue weighted by atomic mass is 10.0. The Kier molecular flexibility index (Phi) is 8.58. The van der Waals surface area contributed by atoms with Gasteiger partial charge in [0.05, 0.1) is 5.56 Å². The van der Waals surface area contributed by atoms with Gasteiger partial charge in [0.2, 0.25) is 0 Å². The number of aromatic nitrogens is 6. The van der Waals surface area contributed by atoms with Crippen molar-refractivity contribution >= 4 is 81.2 Å². The first-order chi connectivity index (χ1) is 22.5. The summed E-state index contributed by atoms with van der Waals surface area (Å²) in [6, 6.07) is 3.48. The lowest BCUT2D eigenvalue weighted by Crippen LogP contribution is -2.71. The average Bonchev–Trinajstić information content (AvgIpc) is 3.68. The van der Waals surface area contributed by atoms with Gasteiger partial charge in [0, 0.05) is 35.0 Å². The quantitative estimate of drug-likeness (QED) is 0.0443. The number of oxime groups is 1. The summed E-state index contributed by atoms with van der Waals surface area (Å²) in [4.78, 5) is 84.8. The minimum Gasteiger partial charge on any atom is -0.477 e. The van der Waals surface area contributed by atoms with Crippen molar-refractivity contribution in [3.63, 3.8) is 0 Å². The Labute approximate surface area is 275 Å². The van der Waals surface area contributed by atoms with Crippen molar-refractivity contribution in [1.82, 2.24) is 39.8 Å². The number of thiazole rings is 1. The molecule has 0 saturated carbocycles. The van der Waals surface area contributed by atoms with Crippen LogP contribution in [0.5, 0.6) is 0 Å². The molecule has 2 atom stereocenters. The molecule has 4 aromatic rings. The van der Waals surface area contributed by atoms with E-state index in [0.717, 1.165) is 16.2 Å². The Balaban J connectivity index is 1.19. The van der Waals surface area contributed by atoms with Crippen LogP contribution in [0.2, 0.25) is 0 Å². The maximum atomic E-state index is 13.4. The number of aromatic carboxylic acids is 1. The van der Waals surface area contributed by atoms with Crippen LogP contribution >= 0.6 is 34.9 Å². The fourth-order valence-corrected chi connectivity index (χ4v) is 7.62. The highest BCUT2D eigenvalue weighted by molar-refractivity contribution is 8.01. The number of rotatable bonds is 10. The Hall–Kier alpha value is -5.41. The van der Waals surface area contributed by atoms with Crippen molar-refractivity contribution < 1.29 is 39.0 Å². The van der Waals surface area contributed by atoms with E-state index in [9.17, 15) is 34.2 Å². The van der Waals surface area contributed by atoms with E-state index >= 15 is 0 Å². The van der Waals surface area contributed by atoms with Crippen LogP contribution in [0.25, 0.3) is 5.78 Å². The molecule has 0 spiro atoms. The van der Waals surface area contributed by atoms with E-state index in [1.54, 1.807) is 13.0 Å². The van der Waals surface area contributed by atoms with E-state index in [-0.39, 0.29) is 39.4 Å². The third-order valence-corrected chi connectivity index (χ3v) is 9.72. The number of hydrogen-bond donors (Lipinski definition) is 4. The molecule has 1 saturated heterocycles. The summed E-state index contributed by atoms with van der Waals surface area (Å²) in [6.07, 6.45) is 2.71. The number of carbonyl (C=O) groups excluding carboxylic acids is 3. The van der Waals surface area contributed by atoms with E-state index in [1.807, 2.05) is 0 Å². The van der Waals surface area contributed by atoms with E-state index in [2.05, 4.69) is 35.5 Å². The predicted octanol–water partition coefficient (Wildman–Crippen LogP) is 0.657. The second-order valence-electron chi connectivity index (χ2n) is 9.73. The number of nitrogen functional groups attached to an aromatic ring is 1. The molecule has 4 aromatic heterocycles. The van der Waals surface area contributed by atoms with Gasteiger partial charge in [-0.25, -0.2) is 24.4 Å². The molecule has 0 bridgehead atoms. The van der Waals surface area contributed by atoms with Gasteiger partial charge in [-0.1, -0.05) is 5.16 Å². The van der Waals surface area contributed by atoms with Crippen molar-refractivity contribution in [1.29, 1.82) is 0 Å². The number of thioether (sulfide) groups is 2. The zero-order valence-electron chi connectivity index (χ0n) is 23.8. The number of carbonyl (C=O) groups is 5. The highest BCUT2D eigenvalue weighted by Gasteiger charge is 2.54. The molecule has 2 aliphatic heterocycles. The van der Waals surface area contributed by atoms with Gasteiger partial charge in [0.15, 0.2) is 10.8 Å². The molecule has 5 N–H and O–H groups in total. The van der Waals surface area contributed by atoms with E-state index in [0.29, 0.717) is 16.3 Å². The molecular formula is C26H20N10O8S3. The summed E-state index contributed by atoms with van der Waals surface area (Å²) in [6.45, 7) is 1.69. The maximum absolute atomic E-state index is 13.4. The fraction of sp³-hybridized carbons (Fsp3) is 0.192. The third kappa shape index (κ3) is 6.22. The number of fused-ring (bicyclic) bond motifs is 2. The Morgan fingerprint density at radius 1 is 1.21 bits per heavy atom. The smallest absolute Gasteiger partial charge is 0.375 e. The predicted molar refractivity (Wildman–Crippen MR) is 166 cm³/mol. The second kappa shape index (κ2) is 12.8. The standard InChI is InChI=1S/C26H20N10O8S3/c1-10-5-14(36-26(29-10)32-18(33-36)23(41)42)45-7-12-8-46-21-16(20(38)35(21)17(12)22(39)40)31-19(37)15(13-9-47-25(27)30-13)34-44-24(43)11-3-2-4-28-6-11/h2-6,9,16,21H,7-8H2,1H3,(H2,27,30)(H,31,37)(H,39,40)(H,41,42)/t16-,21-/m1/s1. The molecule has 0 radical (unpaired) electrons. The molecule has 0 aromatic carbocycles. The number of anilines is 1. The second-order valence-corrected chi connectivity index (χ2v) is 12.7. The largest absolute Gasteiger partial charge is 0.477 e. The van der Waals surface area contributed by atoms with Gasteiger partial charge < -0.3 is 26.1 Å². The van der Waals surface area contributed by atoms with Gasteiger partial charge >= 0.3 is 17.9 Å². The Morgan fingerprint density at radius 2 is 2.02 bits per heavy atom. The number of nitrogens with one attached hydrogen (secondary N) is 1. The number of β-lactam (4-membered cyclic amide) rings is 1. The molecule has 240 valence electrons. The molecule has 0 aliphatic carbocycles. The summed E-state index contributed by atoms with van der Waals surface area (Å²) in [7, 11) is 0. The molecule has 21 heteroatoms. The summed E-state index contributed by atoms with van der Waals surface area (Å²) in [5, 5.41) is 30.8. The summed E-state index contributed by atoms with van der Waals surface area (Å²) in [5.74, 6) is -5.18. The van der Waals surface area contributed by atoms with Crippen molar-refractivity contribution in [2.45, 2.75) is 23.4 Å². The molecule has 2 aliphatic rings. The average molecular weight is 697 g/mol. The Bertz CT molecular complexity index is 2030. The van der Waals surface area contributed by atoms with Gasteiger partial charge in [-0.2, -0.15) is 9.50 Å². The number of aliphatic carboxylic acids is 1. The maximum Gasteiger partial charge on any atom is 0.375 e. The first-order valence-corrected chi connectivity index (χ1v) is 16.1. The van der Waals surface area contributed by atoms with E-state index in [1.165, 1.54) is 57.9 Å². The molecule has 18 nitrogen and oxygen atoms in total. The lowest BCUT2D eigenvalue weighted by Gasteiger charge is -2.49. The highest BCUT2D eigenvalue weighted by Crippen LogP contribution is 2.41. The third-order valence-electron chi connectivity index (χ3n) is 6.63. The number of nitrogens with zero attached hydrogens (tertiary/aromatic N) is 8. The first kappa shape index (κ1) is 31.6. The van der Waals surface area contributed by atoms with Crippen molar-refractivity contribution in [3.05, 3.63) is 70.0 Å². The summed E-state index contributed by atoms with van der Waals surface area (Å²) in [5.41, 5.74) is 6.11. The number of carboxylic acids is 2. The molecule has 47 heavy (non-hydrogen) atoms. The number of pyridine rings is 1. The fourth-order valence-electron chi connectivity index (χ4n) is 4.54. The van der Waals surface area contributed by atoms with Crippen molar-refractivity contribution in [2.75, 3.05) is 17.2 Å². The molecule has 6 rings (SSSR count). The van der Waals surface area contributed by atoms with Gasteiger partial charge in [-0.3, -0.25) is 19.5 Å². The van der Waals surface area contributed by atoms with E-state index < -0.39 is 52.7 Å². The zero-order chi connectivity index (χ0) is 33.4. The van der Waals surface area contributed by atoms with Gasteiger partial charge in [0.25, 0.3) is 23.4 Å². The van der Waals surface area contributed by atoms with Crippen LogP contribution in [0.3, 0.4) is 0 Å². The SMILES string of the molecule is Cc1cc(SCC2=C(C(=O)O)N3C(=O)[C@@H](NC(=O)C(=NOC(=O)c4cccnc4)c4csc(N)n4)[C@H]3SC2)n2nc(C(=O)O)nc2n1. The van der Waals surface area contributed by atoms with Crippen molar-refractivity contribution in [3.8, 4) is 0 Å². The van der Waals surface area contributed by atoms with Crippen LogP contribution in [-0.2, 0) is 19.2 Å². The number of aryl methyl sites for hydroxylation is 1. The molecule has 1 fully saturated rings. The van der Waals surface area contributed by atoms with Crippen LogP contribution in [0.15, 0.2) is 57.4 Å². The van der Waals surface area contributed by atoms with Crippen LogP contribution in [0, 0.1) is 6.92 Å².